The molecule has 0 bridgehead atoms. The summed E-state index contributed by atoms with van der Waals surface area (Å²) >= 11 is -3.89. The fourth-order valence-electron chi connectivity index (χ4n) is 6.98. The van der Waals surface area contributed by atoms with Crippen LogP contribution in [0.25, 0.3) is 0 Å². The summed E-state index contributed by atoms with van der Waals surface area (Å²) in [6, 6.07) is 0. The molecule has 0 spiro atoms. The van der Waals surface area contributed by atoms with E-state index < -0.39 is 17.3 Å². The Labute approximate surface area is 231 Å². The average Bonchev–Trinajstić information content (AvgIpc) is 2.78. The third kappa shape index (κ3) is 9.05. The molecule has 3 aliphatic rings. The summed E-state index contributed by atoms with van der Waals surface area (Å²) in [5.41, 5.74) is 0.227. The first-order valence-electron chi connectivity index (χ1n) is 14.9. The van der Waals surface area contributed by atoms with Crippen LogP contribution in [0.15, 0.2) is 0 Å². The van der Waals surface area contributed by atoms with E-state index in [2.05, 4.69) is 41.5 Å². The predicted octanol–water partition coefficient (Wildman–Crippen LogP) is 7.42. The summed E-state index contributed by atoms with van der Waals surface area (Å²) in [5.74, 6) is -0.470. The summed E-state index contributed by atoms with van der Waals surface area (Å²) in [5, 5.41) is 0. The number of carbonyl (C=O) groups excluding carboxylic acids is 3. The van der Waals surface area contributed by atoms with Crippen LogP contribution in [0, 0.1) is 34.0 Å². The van der Waals surface area contributed by atoms with Crippen molar-refractivity contribution in [3.05, 3.63) is 0 Å². The molecule has 3 rings (SSSR count). The second kappa shape index (κ2) is 12.9. The number of hydrogen-bond acceptors (Lipinski definition) is 6. The second-order valence-electron chi connectivity index (χ2n) is 14.2. The van der Waals surface area contributed by atoms with Crippen molar-refractivity contribution in [3.8, 4) is 0 Å². The van der Waals surface area contributed by atoms with Crippen LogP contribution in [0.3, 0.4) is 0 Å². The van der Waals surface area contributed by atoms with E-state index in [4.69, 9.17) is 10.6 Å². The Kier molecular flexibility index (Phi) is 10.7. The zero-order valence-electron chi connectivity index (χ0n) is 24.4. The molecule has 3 atom stereocenters. The first-order chi connectivity index (χ1) is 17.3. The fourth-order valence-corrected chi connectivity index (χ4v) is 9.24. The normalized spacial score (nSPS) is 28.5. The third-order valence-corrected chi connectivity index (χ3v) is 13.0. The van der Waals surface area contributed by atoms with Crippen molar-refractivity contribution in [1.82, 2.24) is 0 Å². The Bertz CT molecular complexity index is 699. The first kappa shape index (κ1) is 30.6. The molecule has 6 nitrogen and oxygen atoms in total. The van der Waals surface area contributed by atoms with Gasteiger partial charge < -0.3 is 0 Å². The molecule has 7 heteroatoms. The van der Waals surface area contributed by atoms with E-state index in [1.807, 2.05) is 0 Å². The summed E-state index contributed by atoms with van der Waals surface area (Å²) in [7, 11) is 0. The molecule has 3 fully saturated rings. The van der Waals surface area contributed by atoms with Gasteiger partial charge >= 0.3 is 232 Å². The molecule has 0 heterocycles. The van der Waals surface area contributed by atoms with Crippen molar-refractivity contribution < 1.29 is 25.0 Å². The van der Waals surface area contributed by atoms with Gasteiger partial charge in [-0.15, -0.1) is 0 Å². The Hall–Kier alpha value is -0.954. The van der Waals surface area contributed by atoms with Crippen LogP contribution >= 0.6 is 0 Å². The number of hydrogen-bond donors (Lipinski definition) is 0. The molecule has 0 radical (unpaired) electrons. The van der Waals surface area contributed by atoms with E-state index in [0.717, 1.165) is 57.8 Å². The van der Waals surface area contributed by atoms with E-state index in [1.165, 1.54) is 19.3 Å². The van der Waals surface area contributed by atoms with Crippen molar-refractivity contribution in [2.24, 2.45) is 34.0 Å². The molecule has 37 heavy (non-hydrogen) atoms. The standard InChI is InChI=1S/3C10H18O2.Ga/c3*1-10(2)6-4-3-5-8(10)7-9(11)12;/h3*8H,3-7H2,1-2H3,(H,11,12);/q;;;+3/p-3. The number of carbonyl (C=O) groups is 3. The summed E-state index contributed by atoms with van der Waals surface area (Å²) < 4.78 is 17.2. The minimum absolute atomic E-state index is 0.0756. The average molecular weight is 577 g/mol. The zero-order valence-corrected chi connectivity index (χ0v) is 26.8. The summed E-state index contributed by atoms with van der Waals surface area (Å²) in [4.78, 5) is 39.0. The van der Waals surface area contributed by atoms with Crippen LogP contribution in [0.1, 0.15) is 138 Å². The van der Waals surface area contributed by atoms with Crippen LogP contribution in [-0.2, 0) is 25.0 Å². The second-order valence-corrected chi connectivity index (χ2v) is 16.9. The monoisotopic (exact) mass is 576 g/mol. The van der Waals surface area contributed by atoms with Gasteiger partial charge in [-0.3, -0.25) is 0 Å². The Morgan fingerprint density at radius 1 is 0.541 bits per heavy atom. The van der Waals surface area contributed by atoms with Crippen LogP contribution in [0.4, 0.5) is 0 Å². The van der Waals surface area contributed by atoms with Crippen LogP contribution in [0.2, 0.25) is 0 Å². The molecular formula is C30H51GaO6. The van der Waals surface area contributed by atoms with E-state index in [0.29, 0.717) is 0 Å². The van der Waals surface area contributed by atoms with Gasteiger partial charge in [-0.05, 0) is 0 Å². The van der Waals surface area contributed by atoms with Gasteiger partial charge in [0.15, 0.2) is 0 Å². The molecular weight excluding hydrogens is 526 g/mol. The maximum atomic E-state index is 13.0. The van der Waals surface area contributed by atoms with Gasteiger partial charge in [0, 0.05) is 0 Å². The van der Waals surface area contributed by atoms with Crippen LogP contribution < -0.4 is 0 Å². The predicted molar refractivity (Wildman–Crippen MR) is 145 cm³/mol. The van der Waals surface area contributed by atoms with Gasteiger partial charge in [0.05, 0.1) is 0 Å². The molecule has 0 aromatic carbocycles. The molecule has 3 unspecified atom stereocenters. The minimum atomic E-state index is -3.89. The van der Waals surface area contributed by atoms with E-state index in [1.54, 1.807) is 0 Å². The Morgan fingerprint density at radius 2 is 0.811 bits per heavy atom. The van der Waals surface area contributed by atoms with Gasteiger partial charge in [-0.25, -0.2) is 0 Å². The van der Waals surface area contributed by atoms with Gasteiger partial charge in [0.1, 0.15) is 0 Å². The fraction of sp³-hybridized carbons (Fsp3) is 0.900. The van der Waals surface area contributed by atoms with E-state index in [9.17, 15) is 14.4 Å². The van der Waals surface area contributed by atoms with Gasteiger partial charge in [0.25, 0.3) is 0 Å². The van der Waals surface area contributed by atoms with Crippen LogP contribution in [-0.4, -0.2) is 35.2 Å². The van der Waals surface area contributed by atoms with Gasteiger partial charge in [-0.2, -0.15) is 0 Å². The summed E-state index contributed by atoms with van der Waals surface area (Å²) in [6.45, 7) is 13.3. The molecule has 3 aliphatic carbocycles. The maximum absolute atomic E-state index is 13.0. The summed E-state index contributed by atoms with van der Waals surface area (Å²) in [6.07, 6.45) is 14.0. The molecule has 0 N–H and O–H groups in total. The van der Waals surface area contributed by atoms with Crippen molar-refractivity contribution >= 4 is 35.2 Å². The molecule has 210 valence electrons. The van der Waals surface area contributed by atoms with Crippen molar-refractivity contribution in [1.29, 1.82) is 0 Å². The van der Waals surface area contributed by atoms with Crippen molar-refractivity contribution in [3.63, 3.8) is 0 Å². The molecule has 0 amide bonds. The Morgan fingerprint density at radius 3 is 1.05 bits per heavy atom. The SMILES string of the molecule is CC1(C)CCCCC1CC(=O)[O][Ga]([O]C(=O)CC1CCCCC1(C)C)[O]C(=O)CC1CCCCC1(C)C. The zero-order chi connectivity index (χ0) is 27.3. The molecule has 3 saturated carbocycles. The number of rotatable bonds is 9. The van der Waals surface area contributed by atoms with Crippen LogP contribution in [0.5, 0.6) is 0 Å². The van der Waals surface area contributed by atoms with E-state index >= 15 is 0 Å². The van der Waals surface area contributed by atoms with Gasteiger partial charge in [-0.1, -0.05) is 0 Å². The van der Waals surface area contributed by atoms with Crippen molar-refractivity contribution in [2.75, 3.05) is 0 Å². The van der Waals surface area contributed by atoms with Gasteiger partial charge in [0.2, 0.25) is 0 Å². The third-order valence-electron chi connectivity index (χ3n) is 10.1. The Balaban J connectivity index is 1.63. The molecule has 0 aromatic heterocycles. The molecule has 0 aromatic rings. The quantitative estimate of drug-likeness (QED) is 0.266. The van der Waals surface area contributed by atoms with Crippen molar-refractivity contribution in [2.45, 2.75) is 138 Å². The first-order valence-corrected chi connectivity index (χ1v) is 17.8. The van der Waals surface area contributed by atoms with E-state index in [-0.39, 0.29) is 71.2 Å². The topological polar surface area (TPSA) is 78.9 Å². The molecule has 0 aliphatic heterocycles. The molecule has 0 saturated heterocycles.